The Morgan fingerprint density at radius 3 is 2.07 bits per heavy atom. The van der Waals surface area contributed by atoms with Gasteiger partial charge in [0.1, 0.15) is 42.7 Å². The highest BCUT2D eigenvalue weighted by molar-refractivity contribution is 5.01. The highest BCUT2D eigenvalue weighted by Crippen LogP contribution is 2.41. The standard InChI is InChI=1S/C15H26O12/c1-5-4-23-14(24-5)15(12(22)9(19)7(3-17)26-15)27-13-11(21)10(20)8(18)6(2-16)25-13/h5-14,16-22H,2-4H2,1H3/t5?,6-,7-,8-,9-,10+,11-,12+,13-,14?,15-/m1/s1. The van der Waals surface area contributed by atoms with Gasteiger partial charge >= 0.3 is 0 Å². The van der Waals surface area contributed by atoms with E-state index in [1.54, 1.807) is 6.92 Å². The van der Waals surface area contributed by atoms with Gasteiger partial charge in [0.25, 0.3) is 5.79 Å². The monoisotopic (exact) mass is 398 g/mol. The van der Waals surface area contributed by atoms with Gasteiger partial charge in [-0.25, -0.2) is 0 Å². The van der Waals surface area contributed by atoms with Crippen molar-refractivity contribution < 1.29 is 59.4 Å². The lowest BCUT2D eigenvalue weighted by Crippen LogP contribution is -2.64. The van der Waals surface area contributed by atoms with Crippen molar-refractivity contribution in [2.75, 3.05) is 19.8 Å². The molecule has 0 aliphatic carbocycles. The Morgan fingerprint density at radius 2 is 1.56 bits per heavy atom. The minimum absolute atomic E-state index is 0.125. The van der Waals surface area contributed by atoms with Gasteiger partial charge in [0.15, 0.2) is 6.29 Å². The van der Waals surface area contributed by atoms with Gasteiger partial charge in [-0.2, -0.15) is 0 Å². The van der Waals surface area contributed by atoms with Crippen molar-refractivity contribution in [2.45, 2.75) is 74.1 Å². The summed E-state index contributed by atoms with van der Waals surface area (Å²) in [4.78, 5) is 0. The van der Waals surface area contributed by atoms with E-state index in [2.05, 4.69) is 0 Å². The summed E-state index contributed by atoms with van der Waals surface area (Å²) >= 11 is 0. The lowest BCUT2D eigenvalue weighted by Gasteiger charge is -2.44. The average Bonchev–Trinajstić information content (AvgIpc) is 3.19. The molecule has 3 fully saturated rings. The Morgan fingerprint density at radius 1 is 0.889 bits per heavy atom. The summed E-state index contributed by atoms with van der Waals surface area (Å²) in [5.41, 5.74) is 0. The third kappa shape index (κ3) is 3.61. The summed E-state index contributed by atoms with van der Waals surface area (Å²) in [6.07, 6.45) is -14.4. The maximum atomic E-state index is 10.5. The van der Waals surface area contributed by atoms with Gasteiger partial charge in [0.05, 0.1) is 25.9 Å². The first-order valence-corrected chi connectivity index (χ1v) is 8.65. The molecule has 0 aromatic heterocycles. The van der Waals surface area contributed by atoms with Crippen molar-refractivity contribution in [1.82, 2.24) is 0 Å². The molecule has 7 N–H and O–H groups in total. The minimum Gasteiger partial charge on any atom is -0.394 e. The molecule has 3 aliphatic heterocycles. The number of hydrogen-bond acceptors (Lipinski definition) is 12. The molecule has 2 unspecified atom stereocenters. The number of ether oxygens (including phenoxy) is 5. The Balaban J connectivity index is 1.88. The van der Waals surface area contributed by atoms with E-state index in [1.807, 2.05) is 0 Å². The minimum atomic E-state index is -2.20. The van der Waals surface area contributed by atoms with Crippen molar-refractivity contribution >= 4 is 0 Å². The number of aliphatic hydroxyl groups excluding tert-OH is 7. The first-order chi connectivity index (χ1) is 12.7. The van der Waals surface area contributed by atoms with E-state index in [-0.39, 0.29) is 6.61 Å². The fraction of sp³-hybridized carbons (Fsp3) is 1.00. The van der Waals surface area contributed by atoms with Crippen LogP contribution in [0, 0.1) is 0 Å². The maximum Gasteiger partial charge on any atom is 0.253 e. The van der Waals surface area contributed by atoms with Crippen LogP contribution in [-0.2, 0) is 23.7 Å². The van der Waals surface area contributed by atoms with Crippen molar-refractivity contribution in [2.24, 2.45) is 0 Å². The molecule has 3 rings (SSSR count). The maximum absolute atomic E-state index is 10.5. The van der Waals surface area contributed by atoms with Gasteiger partial charge in [0, 0.05) is 0 Å². The Kier molecular flexibility index (Phi) is 6.37. The van der Waals surface area contributed by atoms with Crippen LogP contribution in [0.2, 0.25) is 0 Å². The zero-order valence-electron chi connectivity index (χ0n) is 14.6. The summed E-state index contributed by atoms with van der Waals surface area (Å²) in [6, 6.07) is 0. The molecule has 0 radical (unpaired) electrons. The lowest BCUT2D eigenvalue weighted by atomic mass is 9.98. The zero-order chi connectivity index (χ0) is 19.9. The molecule has 0 bridgehead atoms. The molecule has 3 heterocycles. The van der Waals surface area contributed by atoms with Crippen LogP contribution in [0.15, 0.2) is 0 Å². The van der Waals surface area contributed by atoms with Gasteiger partial charge in [-0.1, -0.05) is 0 Å². The molecule has 0 aromatic carbocycles. The normalized spacial score (nSPS) is 53.8. The smallest absolute Gasteiger partial charge is 0.253 e. The van der Waals surface area contributed by atoms with E-state index < -0.39 is 80.4 Å². The van der Waals surface area contributed by atoms with Crippen LogP contribution in [-0.4, -0.2) is 123 Å². The molecule has 0 spiro atoms. The Bertz CT molecular complexity index is 505. The predicted octanol–water partition coefficient (Wildman–Crippen LogP) is -4.63. The molecule has 0 amide bonds. The Labute approximate surface area is 154 Å². The zero-order valence-corrected chi connectivity index (χ0v) is 14.6. The first-order valence-electron chi connectivity index (χ1n) is 8.65. The molecule has 12 heteroatoms. The van der Waals surface area contributed by atoms with E-state index in [1.165, 1.54) is 0 Å². The van der Waals surface area contributed by atoms with Gasteiger partial charge in [-0.05, 0) is 6.92 Å². The van der Waals surface area contributed by atoms with E-state index in [0.29, 0.717) is 0 Å². The van der Waals surface area contributed by atoms with Crippen LogP contribution < -0.4 is 0 Å². The topological polar surface area (TPSA) is 188 Å². The van der Waals surface area contributed by atoms with Crippen LogP contribution in [0.25, 0.3) is 0 Å². The van der Waals surface area contributed by atoms with E-state index >= 15 is 0 Å². The second-order valence-electron chi connectivity index (χ2n) is 6.92. The summed E-state index contributed by atoms with van der Waals surface area (Å²) in [7, 11) is 0. The van der Waals surface area contributed by atoms with Crippen molar-refractivity contribution in [3.8, 4) is 0 Å². The third-order valence-corrected chi connectivity index (χ3v) is 4.95. The summed E-state index contributed by atoms with van der Waals surface area (Å²) in [6.45, 7) is 0.472. The second kappa shape index (κ2) is 8.10. The Hall–Kier alpha value is -0.480. The molecular formula is C15H26O12. The molecule has 3 aliphatic rings. The number of aliphatic hydroxyl groups is 7. The van der Waals surface area contributed by atoms with Crippen molar-refractivity contribution in [3.05, 3.63) is 0 Å². The largest absolute Gasteiger partial charge is 0.394 e. The summed E-state index contributed by atoms with van der Waals surface area (Å²) in [5.74, 6) is -2.20. The van der Waals surface area contributed by atoms with Crippen LogP contribution in [0.4, 0.5) is 0 Å². The van der Waals surface area contributed by atoms with Gasteiger partial charge in [0.2, 0.25) is 6.29 Å². The fourth-order valence-electron chi connectivity index (χ4n) is 3.38. The third-order valence-electron chi connectivity index (χ3n) is 4.95. The first kappa shape index (κ1) is 21.2. The second-order valence-corrected chi connectivity index (χ2v) is 6.92. The highest BCUT2D eigenvalue weighted by Gasteiger charge is 2.64. The van der Waals surface area contributed by atoms with E-state index in [4.69, 9.17) is 23.7 Å². The van der Waals surface area contributed by atoms with Gasteiger partial charge in [-0.3, -0.25) is 0 Å². The molecule has 27 heavy (non-hydrogen) atoms. The number of rotatable bonds is 5. The molecule has 3 saturated heterocycles. The fourth-order valence-corrected chi connectivity index (χ4v) is 3.38. The quantitative estimate of drug-likeness (QED) is 0.235. The number of hydrogen-bond donors (Lipinski definition) is 7. The lowest BCUT2D eigenvalue weighted by molar-refractivity contribution is -0.415. The van der Waals surface area contributed by atoms with Crippen LogP contribution >= 0.6 is 0 Å². The predicted molar refractivity (Wildman–Crippen MR) is 81.8 cm³/mol. The van der Waals surface area contributed by atoms with Crippen LogP contribution in [0.5, 0.6) is 0 Å². The van der Waals surface area contributed by atoms with Crippen LogP contribution in [0.1, 0.15) is 6.92 Å². The molecular weight excluding hydrogens is 372 g/mol. The molecule has 0 saturated carbocycles. The van der Waals surface area contributed by atoms with Gasteiger partial charge in [-0.15, -0.1) is 0 Å². The summed E-state index contributed by atoms with van der Waals surface area (Å²) in [5, 5.41) is 69.3. The van der Waals surface area contributed by atoms with Crippen molar-refractivity contribution in [3.63, 3.8) is 0 Å². The molecule has 0 aromatic rings. The van der Waals surface area contributed by atoms with E-state index in [9.17, 15) is 35.7 Å². The van der Waals surface area contributed by atoms with Crippen molar-refractivity contribution in [1.29, 1.82) is 0 Å². The van der Waals surface area contributed by atoms with Crippen LogP contribution in [0.3, 0.4) is 0 Å². The molecule has 158 valence electrons. The average molecular weight is 398 g/mol. The van der Waals surface area contributed by atoms with Gasteiger partial charge < -0.3 is 59.4 Å². The highest BCUT2D eigenvalue weighted by atomic mass is 16.8. The molecule has 12 nitrogen and oxygen atoms in total. The molecule has 11 atom stereocenters. The van der Waals surface area contributed by atoms with E-state index in [0.717, 1.165) is 0 Å². The SMILES string of the molecule is CC1COC([C@@]2(O[C@H]3O[C@H](CO)[C@@H](O)[C@H](O)[C@H]3O)O[C@H](CO)[C@@H](O)[C@@H]2O)O1. The summed E-state index contributed by atoms with van der Waals surface area (Å²) < 4.78 is 27.3.